The van der Waals surface area contributed by atoms with E-state index in [1.165, 1.54) is 76.2 Å². The van der Waals surface area contributed by atoms with Crippen molar-refractivity contribution < 1.29 is 4.74 Å². The summed E-state index contributed by atoms with van der Waals surface area (Å²) >= 11 is 0. The maximum atomic E-state index is 6.05. The summed E-state index contributed by atoms with van der Waals surface area (Å²) in [6, 6.07) is 8.52. The van der Waals surface area contributed by atoms with Crippen molar-refractivity contribution in [1.82, 2.24) is 5.32 Å². The maximum Gasteiger partial charge on any atom is 0.123 e. The van der Waals surface area contributed by atoms with Gasteiger partial charge in [-0.15, -0.1) is 0 Å². The molecule has 2 heteroatoms. The van der Waals surface area contributed by atoms with Crippen molar-refractivity contribution in [2.45, 2.75) is 84.1 Å². The summed E-state index contributed by atoms with van der Waals surface area (Å²) in [5.74, 6) is 1.96. The van der Waals surface area contributed by atoms with E-state index in [1.54, 1.807) is 0 Å². The molecule has 1 aliphatic rings. The molecule has 1 N–H and O–H groups in total. The predicted octanol–water partition coefficient (Wildman–Crippen LogP) is 6.10. The Morgan fingerprint density at radius 2 is 1.71 bits per heavy atom. The number of unbranched alkanes of at least 4 members (excludes halogenated alkanes) is 5. The summed E-state index contributed by atoms with van der Waals surface area (Å²) in [6.07, 6.45) is 15.0. The van der Waals surface area contributed by atoms with Crippen LogP contribution in [0.5, 0.6) is 5.75 Å². The molecule has 1 aromatic rings. The highest BCUT2D eigenvalue weighted by atomic mass is 16.5. The molecule has 24 heavy (non-hydrogen) atoms. The molecule has 136 valence electrons. The van der Waals surface area contributed by atoms with E-state index in [4.69, 9.17) is 4.74 Å². The van der Waals surface area contributed by atoms with Gasteiger partial charge >= 0.3 is 0 Å². The second-order valence-electron chi connectivity index (χ2n) is 7.36. The van der Waals surface area contributed by atoms with Crippen LogP contribution in [0.4, 0.5) is 0 Å². The van der Waals surface area contributed by atoms with E-state index in [9.17, 15) is 0 Å². The van der Waals surface area contributed by atoms with E-state index in [0.29, 0.717) is 0 Å². The first-order valence-electron chi connectivity index (χ1n) is 10.3. The van der Waals surface area contributed by atoms with Crippen LogP contribution in [-0.2, 0) is 6.54 Å². The van der Waals surface area contributed by atoms with Crippen LogP contribution in [0.25, 0.3) is 0 Å². The Morgan fingerprint density at radius 3 is 2.54 bits per heavy atom. The average molecular weight is 332 g/mol. The van der Waals surface area contributed by atoms with Crippen molar-refractivity contribution in [2.75, 3.05) is 13.2 Å². The number of ether oxygens (including phenoxy) is 1. The molecule has 1 saturated carbocycles. The zero-order valence-corrected chi connectivity index (χ0v) is 15.7. The monoisotopic (exact) mass is 331 g/mol. The van der Waals surface area contributed by atoms with Crippen molar-refractivity contribution in [3.05, 3.63) is 29.8 Å². The first kappa shape index (κ1) is 19.3. The van der Waals surface area contributed by atoms with Gasteiger partial charge in [-0.25, -0.2) is 0 Å². The number of nitrogens with one attached hydrogen (secondary N) is 1. The van der Waals surface area contributed by atoms with Crippen LogP contribution in [0.15, 0.2) is 24.3 Å². The van der Waals surface area contributed by atoms with Crippen LogP contribution >= 0.6 is 0 Å². The fourth-order valence-electron chi connectivity index (χ4n) is 3.66. The molecule has 1 aliphatic carbocycles. The summed E-state index contributed by atoms with van der Waals surface area (Å²) in [4.78, 5) is 0. The molecule has 0 aliphatic heterocycles. The van der Waals surface area contributed by atoms with E-state index in [1.807, 2.05) is 0 Å². The second-order valence-corrected chi connectivity index (χ2v) is 7.36. The minimum Gasteiger partial charge on any atom is -0.493 e. The topological polar surface area (TPSA) is 21.3 Å². The van der Waals surface area contributed by atoms with Crippen molar-refractivity contribution in [2.24, 2.45) is 5.92 Å². The van der Waals surface area contributed by atoms with Gasteiger partial charge in [0.1, 0.15) is 5.75 Å². The third kappa shape index (κ3) is 7.70. The van der Waals surface area contributed by atoms with Crippen LogP contribution in [-0.4, -0.2) is 13.2 Å². The van der Waals surface area contributed by atoms with Gasteiger partial charge < -0.3 is 10.1 Å². The Balaban J connectivity index is 1.63. The lowest BCUT2D eigenvalue weighted by atomic mass is 9.89. The summed E-state index contributed by atoms with van der Waals surface area (Å²) in [5.41, 5.74) is 1.30. The van der Waals surface area contributed by atoms with Crippen molar-refractivity contribution in [3.8, 4) is 5.75 Å². The van der Waals surface area contributed by atoms with E-state index in [0.717, 1.165) is 31.4 Å². The molecule has 0 bridgehead atoms. The Kier molecular flexibility index (Phi) is 9.94. The lowest BCUT2D eigenvalue weighted by molar-refractivity contribution is 0.299. The molecule has 0 saturated heterocycles. The number of para-hydroxylation sites is 1. The molecular formula is C22H37NO. The molecule has 0 radical (unpaired) electrons. The van der Waals surface area contributed by atoms with E-state index in [-0.39, 0.29) is 0 Å². The minimum absolute atomic E-state index is 0.853. The van der Waals surface area contributed by atoms with E-state index in [2.05, 4.69) is 36.5 Å². The quantitative estimate of drug-likeness (QED) is 0.467. The zero-order chi connectivity index (χ0) is 16.9. The number of hydrogen-bond acceptors (Lipinski definition) is 2. The lowest BCUT2D eigenvalue weighted by Gasteiger charge is -2.22. The van der Waals surface area contributed by atoms with Gasteiger partial charge in [0.05, 0.1) is 6.61 Å². The average Bonchev–Trinajstić information content (AvgIpc) is 2.63. The van der Waals surface area contributed by atoms with Gasteiger partial charge in [0.2, 0.25) is 0 Å². The third-order valence-corrected chi connectivity index (χ3v) is 5.20. The van der Waals surface area contributed by atoms with Gasteiger partial charge in [-0.05, 0) is 37.8 Å². The molecule has 1 fully saturated rings. The van der Waals surface area contributed by atoms with Crippen LogP contribution in [0.2, 0.25) is 0 Å². The number of benzene rings is 1. The van der Waals surface area contributed by atoms with E-state index >= 15 is 0 Å². The highest BCUT2D eigenvalue weighted by molar-refractivity contribution is 5.33. The van der Waals surface area contributed by atoms with Gasteiger partial charge in [0, 0.05) is 12.1 Å². The Hall–Kier alpha value is -1.02. The van der Waals surface area contributed by atoms with Gasteiger partial charge in [0.15, 0.2) is 0 Å². The van der Waals surface area contributed by atoms with E-state index < -0.39 is 0 Å². The van der Waals surface area contributed by atoms with Crippen LogP contribution in [0.1, 0.15) is 83.1 Å². The molecule has 1 aromatic carbocycles. The van der Waals surface area contributed by atoms with Crippen LogP contribution in [0.3, 0.4) is 0 Å². The Bertz CT molecular complexity index is 426. The van der Waals surface area contributed by atoms with Crippen molar-refractivity contribution in [3.63, 3.8) is 0 Å². The first-order valence-corrected chi connectivity index (χ1v) is 10.3. The zero-order valence-electron chi connectivity index (χ0n) is 15.7. The summed E-state index contributed by atoms with van der Waals surface area (Å²) in [5, 5.41) is 3.66. The molecule has 0 heterocycles. The van der Waals surface area contributed by atoms with Gasteiger partial charge in [0.25, 0.3) is 0 Å². The molecule has 2 rings (SSSR count). The molecular weight excluding hydrogens is 294 g/mol. The Morgan fingerprint density at radius 1 is 0.958 bits per heavy atom. The SMILES string of the molecule is CCCCCCCCOc1ccccc1CNCC1CCCCC1. The molecule has 0 aromatic heterocycles. The highest BCUT2D eigenvalue weighted by Gasteiger charge is 2.13. The summed E-state index contributed by atoms with van der Waals surface area (Å²) in [7, 11) is 0. The molecule has 0 amide bonds. The molecule has 0 atom stereocenters. The Labute approximate surface area is 149 Å². The highest BCUT2D eigenvalue weighted by Crippen LogP contribution is 2.23. The second kappa shape index (κ2) is 12.4. The largest absolute Gasteiger partial charge is 0.493 e. The normalized spacial score (nSPS) is 15.5. The molecule has 0 spiro atoms. The lowest BCUT2D eigenvalue weighted by Crippen LogP contribution is -2.24. The summed E-state index contributed by atoms with van der Waals surface area (Å²) in [6.45, 7) is 5.21. The smallest absolute Gasteiger partial charge is 0.123 e. The van der Waals surface area contributed by atoms with Crippen molar-refractivity contribution >= 4 is 0 Å². The van der Waals surface area contributed by atoms with Crippen molar-refractivity contribution in [1.29, 1.82) is 0 Å². The summed E-state index contributed by atoms with van der Waals surface area (Å²) < 4.78 is 6.05. The predicted molar refractivity (Wildman–Crippen MR) is 104 cm³/mol. The van der Waals surface area contributed by atoms with Gasteiger partial charge in [-0.3, -0.25) is 0 Å². The third-order valence-electron chi connectivity index (χ3n) is 5.20. The fourth-order valence-corrected chi connectivity index (χ4v) is 3.66. The maximum absolute atomic E-state index is 6.05. The molecule has 2 nitrogen and oxygen atoms in total. The van der Waals surface area contributed by atoms with Gasteiger partial charge in [-0.2, -0.15) is 0 Å². The molecule has 0 unspecified atom stereocenters. The number of hydrogen-bond donors (Lipinski definition) is 1. The number of rotatable bonds is 12. The minimum atomic E-state index is 0.853. The standard InChI is InChI=1S/C22H37NO/c1-2-3-4-5-6-12-17-24-22-16-11-10-15-21(22)19-23-18-20-13-8-7-9-14-20/h10-11,15-16,20,23H,2-9,12-14,17-19H2,1H3. The van der Waals surface area contributed by atoms with Gasteiger partial charge in [-0.1, -0.05) is 76.5 Å². The van der Waals surface area contributed by atoms with Crippen LogP contribution < -0.4 is 10.1 Å². The van der Waals surface area contributed by atoms with Crippen LogP contribution in [0, 0.1) is 5.92 Å². The fraction of sp³-hybridized carbons (Fsp3) is 0.727. The first-order chi connectivity index (χ1) is 11.9.